The molecule has 0 N–H and O–H groups in total. The first kappa shape index (κ1) is 36.6. The van der Waals surface area contributed by atoms with Gasteiger partial charge in [-0.3, -0.25) is 9.98 Å². The van der Waals surface area contributed by atoms with E-state index >= 15 is 0 Å². The van der Waals surface area contributed by atoms with Crippen molar-refractivity contribution in [2.24, 2.45) is 4.99 Å². The van der Waals surface area contributed by atoms with Crippen molar-refractivity contribution in [1.29, 1.82) is 0 Å². The van der Waals surface area contributed by atoms with Gasteiger partial charge in [-0.25, -0.2) is 4.98 Å². The summed E-state index contributed by atoms with van der Waals surface area (Å²) in [6.45, 7) is 13.7. The first-order valence-corrected chi connectivity index (χ1v) is 19.6. The molecule has 1 saturated carbocycles. The molecule has 5 heterocycles. The fourth-order valence-corrected chi connectivity index (χ4v) is 9.12. The van der Waals surface area contributed by atoms with Crippen LogP contribution in [0.5, 0.6) is 0 Å². The maximum Gasteiger partial charge on any atom is 2.00 e. The van der Waals surface area contributed by atoms with Gasteiger partial charge in [-0.2, -0.15) is 6.07 Å². The topological polar surface area (TPSA) is 55.5 Å². The van der Waals surface area contributed by atoms with Crippen molar-refractivity contribution in [1.82, 2.24) is 14.5 Å². The van der Waals surface area contributed by atoms with Crippen LogP contribution in [0.4, 0.5) is 17.1 Å². The van der Waals surface area contributed by atoms with Crippen LogP contribution in [0.25, 0.3) is 38.9 Å². The summed E-state index contributed by atoms with van der Waals surface area (Å²) < 4.78 is 9.00. The minimum absolute atomic E-state index is 0. The van der Waals surface area contributed by atoms with Crippen LogP contribution in [0.15, 0.2) is 114 Å². The quantitative estimate of drug-likeness (QED) is 0.165. The molecule has 10 rings (SSSR count). The molecule has 6 nitrogen and oxygen atoms in total. The Bertz CT molecular complexity index is 2690. The Morgan fingerprint density at radius 2 is 1.59 bits per heavy atom. The third-order valence-corrected chi connectivity index (χ3v) is 12.2. The van der Waals surface area contributed by atoms with Crippen LogP contribution in [-0.2, 0) is 36.6 Å². The van der Waals surface area contributed by atoms with Crippen LogP contribution in [0.3, 0.4) is 0 Å². The molecule has 1 fully saturated rings. The molecule has 282 valence electrons. The van der Waals surface area contributed by atoms with Gasteiger partial charge in [-0.15, -0.1) is 35.2 Å². The van der Waals surface area contributed by atoms with Gasteiger partial charge < -0.3 is 14.2 Å². The van der Waals surface area contributed by atoms with E-state index in [2.05, 4.69) is 148 Å². The van der Waals surface area contributed by atoms with E-state index in [-0.39, 0.29) is 43.5 Å². The van der Waals surface area contributed by atoms with E-state index in [1.54, 1.807) is 0 Å². The fraction of sp³-hybridized carbons (Fsp3) is 0.286. The number of para-hydroxylation sites is 2. The first-order valence-electron chi connectivity index (χ1n) is 19.6. The Morgan fingerprint density at radius 3 is 2.39 bits per heavy atom. The van der Waals surface area contributed by atoms with Crippen molar-refractivity contribution in [2.75, 3.05) is 4.90 Å². The summed E-state index contributed by atoms with van der Waals surface area (Å²) >= 11 is 0. The van der Waals surface area contributed by atoms with Gasteiger partial charge in [-0.1, -0.05) is 106 Å². The summed E-state index contributed by atoms with van der Waals surface area (Å²) in [6, 6.07) is 42.5. The molecule has 3 aliphatic rings. The average Bonchev–Trinajstić information content (AvgIpc) is 3.72. The minimum atomic E-state index is -0.314. The number of ether oxygens (including phenoxy) is 1. The Labute approximate surface area is 343 Å². The van der Waals surface area contributed by atoms with Crippen molar-refractivity contribution in [3.05, 3.63) is 144 Å². The van der Waals surface area contributed by atoms with Crippen molar-refractivity contribution in [3.8, 4) is 17.1 Å². The van der Waals surface area contributed by atoms with Gasteiger partial charge in [0.1, 0.15) is 17.8 Å². The third-order valence-electron chi connectivity index (χ3n) is 12.2. The number of hydrogen-bond donors (Lipinski definition) is 0. The third kappa shape index (κ3) is 5.74. The van der Waals surface area contributed by atoms with E-state index < -0.39 is 0 Å². The SMILES string of the molecule is CC(C)(C)c1ccnc(-n2c3[c-]c4c(cc3c3ccccc32)C(C)(C)c2ccccc2N4c2[c-]c(C3=N[C@]4(C)CCCC[C@@H]4O3)cc(-c3ccccn3)c2)c1.[Pt+2]. The Balaban J connectivity index is 0.00000410. The van der Waals surface area contributed by atoms with E-state index in [0.717, 1.165) is 69.0 Å². The summed E-state index contributed by atoms with van der Waals surface area (Å²) in [5.74, 6) is 1.55. The molecule has 0 unspecified atom stereocenters. The standard InChI is InChI=1S/C49H45N5O.Pt/c1-47(2,3)33-21-24-51-45(28-33)54-40-18-9-7-15-35(40)36-29-38-43(30-42(36)54)53(41-19-10-8-16-37(41)48(38,4)5)34-26-31(39-17-12-14-23-50-39)25-32(27-34)46-52-49(6)22-13-11-20-44(49)55-46;/h7-10,12,14-19,21,23-26,28-29,44H,11,13,20,22H2,1-6H3;/q-2;+2/t44-,49+;/m0./s1. The molecule has 2 atom stereocenters. The summed E-state index contributed by atoms with van der Waals surface area (Å²) in [6.07, 6.45) is 8.25. The second kappa shape index (κ2) is 13.3. The monoisotopic (exact) mass is 914 g/mol. The summed E-state index contributed by atoms with van der Waals surface area (Å²) in [7, 11) is 0. The predicted molar refractivity (Wildman–Crippen MR) is 223 cm³/mol. The van der Waals surface area contributed by atoms with Crippen LogP contribution in [-0.4, -0.2) is 32.1 Å². The first-order chi connectivity index (χ1) is 26.5. The van der Waals surface area contributed by atoms with E-state index in [4.69, 9.17) is 19.7 Å². The number of benzene rings is 4. The number of hydrogen-bond acceptors (Lipinski definition) is 5. The van der Waals surface area contributed by atoms with Crippen molar-refractivity contribution >= 4 is 44.8 Å². The molecule has 0 bridgehead atoms. The zero-order chi connectivity index (χ0) is 37.7. The van der Waals surface area contributed by atoms with Gasteiger partial charge in [0.2, 0.25) is 0 Å². The number of anilines is 3. The molecule has 1 aliphatic carbocycles. The fourth-order valence-electron chi connectivity index (χ4n) is 9.12. The van der Waals surface area contributed by atoms with Crippen molar-refractivity contribution < 1.29 is 25.8 Å². The van der Waals surface area contributed by atoms with Crippen LogP contribution in [0.2, 0.25) is 0 Å². The molecule has 56 heavy (non-hydrogen) atoms. The van der Waals surface area contributed by atoms with Gasteiger partial charge in [0.05, 0.1) is 11.2 Å². The smallest absolute Gasteiger partial charge is 0.514 e. The average molecular weight is 915 g/mol. The zero-order valence-electron chi connectivity index (χ0n) is 32.8. The molecule has 2 aliphatic heterocycles. The maximum absolute atomic E-state index is 6.71. The van der Waals surface area contributed by atoms with Crippen LogP contribution in [0, 0.1) is 12.1 Å². The van der Waals surface area contributed by atoms with Gasteiger partial charge in [-0.05, 0) is 95.6 Å². The largest absolute Gasteiger partial charge is 2.00 e. The molecular formula is C49H45N5OPt. The second-order valence-electron chi connectivity index (χ2n) is 17.3. The molecule has 7 aromatic rings. The van der Waals surface area contributed by atoms with Crippen LogP contribution < -0.4 is 4.90 Å². The number of rotatable bonds is 4. The van der Waals surface area contributed by atoms with E-state index in [0.29, 0.717) is 5.90 Å². The molecule has 0 spiro atoms. The summed E-state index contributed by atoms with van der Waals surface area (Å²) in [5.41, 5.74) is 10.9. The number of pyridine rings is 2. The predicted octanol–water partition coefficient (Wildman–Crippen LogP) is 11.7. The van der Waals surface area contributed by atoms with E-state index in [9.17, 15) is 0 Å². The molecular weight excluding hydrogens is 870 g/mol. The number of aromatic nitrogens is 3. The van der Waals surface area contributed by atoms with Gasteiger partial charge in [0.15, 0.2) is 0 Å². The molecule has 0 amide bonds. The number of fused-ring (bicyclic) bond motifs is 6. The number of aliphatic imine (C=N–C) groups is 1. The second-order valence-corrected chi connectivity index (χ2v) is 17.3. The molecule has 4 aromatic carbocycles. The summed E-state index contributed by atoms with van der Waals surface area (Å²) in [4.78, 5) is 17.4. The van der Waals surface area contributed by atoms with Crippen LogP contribution >= 0.6 is 0 Å². The Kier molecular flexibility index (Phi) is 8.67. The maximum atomic E-state index is 6.71. The normalized spacial score (nSPS) is 19.8. The van der Waals surface area contributed by atoms with Gasteiger partial charge in [0.25, 0.3) is 0 Å². The van der Waals surface area contributed by atoms with E-state index in [1.807, 2.05) is 24.5 Å². The molecule has 3 aromatic heterocycles. The molecule has 7 heteroatoms. The minimum Gasteiger partial charge on any atom is -0.514 e. The Hall–Kier alpha value is -5.06. The van der Waals surface area contributed by atoms with Crippen molar-refractivity contribution in [3.63, 3.8) is 0 Å². The van der Waals surface area contributed by atoms with E-state index in [1.165, 1.54) is 34.9 Å². The number of nitrogens with zero attached hydrogens (tertiary/aromatic N) is 5. The van der Waals surface area contributed by atoms with Crippen LogP contribution in [0.1, 0.15) is 89.5 Å². The molecule has 0 saturated heterocycles. The van der Waals surface area contributed by atoms with Gasteiger partial charge in [0, 0.05) is 23.6 Å². The van der Waals surface area contributed by atoms with Gasteiger partial charge >= 0.3 is 21.1 Å². The van der Waals surface area contributed by atoms with Crippen molar-refractivity contribution in [2.45, 2.75) is 89.7 Å². The summed E-state index contributed by atoms with van der Waals surface area (Å²) in [5, 5.41) is 2.33. The zero-order valence-corrected chi connectivity index (χ0v) is 35.0. The molecule has 0 radical (unpaired) electrons. The Morgan fingerprint density at radius 1 is 0.786 bits per heavy atom.